The third-order valence-electron chi connectivity index (χ3n) is 6.80. The number of rotatable bonds is 5. The van der Waals surface area contributed by atoms with Crippen molar-refractivity contribution in [3.63, 3.8) is 0 Å². The third-order valence-corrected chi connectivity index (χ3v) is 6.80. The zero-order chi connectivity index (χ0) is 21.3. The van der Waals surface area contributed by atoms with Gasteiger partial charge in [-0.3, -0.25) is 4.90 Å². The number of carbonyl (C=O) groups excluding carboxylic acids is 1. The molecule has 1 amide bonds. The number of carboxylic acid groups (broad SMARTS) is 1. The second-order valence-corrected chi connectivity index (χ2v) is 8.72. The van der Waals surface area contributed by atoms with Crippen LogP contribution >= 0.6 is 0 Å². The van der Waals surface area contributed by atoms with Crippen molar-refractivity contribution in [2.75, 3.05) is 13.7 Å². The van der Waals surface area contributed by atoms with Gasteiger partial charge in [0.25, 0.3) is 0 Å². The molecule has 0 spiro atoms. The average molecular weight is 408 g/mol. The van der Waals surface area contributed by atoms with Gasteiger partial charge >= 0.3 is 12.1 Å². The fourth-order valence-corrected chi connectivity index (χ4v) is 5.09. The van der Waals surface area contributed by atoms with Crippen LogP contribution in [-0.2, 0) is 9.53 Å². The number of aliphatic carboxylic acids is 1. The van der Waals surface area contributed by atoms with Crippen molar-refractivity contribution in [3.05, 3.63) is 59.7 Å². The van der Waals surface area contributed by atoms with Crippen molar-refractivity contribution in [1.82, 2.24) is 4.90 Å². The topological polar surface area (TPSA) is 66.8 Å². The Kier molecular flexibility index (Phi) is 5.80. The molecule has 1 saturated carbocycles. The van der Waals surface area contributed by atoms with Crippen molar-refractivity contribution >= 4 is 12.1 Å². The highest BCUT2D eigenvalue weighted by Crippen LogP contribution is 2.44. The zero-order valence-corrected chi connectivity index (χ0v) is 17.6. The Labute approximate surface area is 177 Å². The number of fused-ring (bicyclic) bond motifs is 3. The van der Waals surface area contributed by atoms with Gasteiger partial charge in [-0.25, -0.2) is 9.59 Å². The largest absolute Gasteiger partial charge is 0.480 e. The molecule has 5 heteroatoms. The molecule has 2 aromatic rings. The van der Waals surface area contributed by atoms with Gasteiger partial charge in [-0.05, 0) is 46.9 Å². The smallest absolute Gasteiger partial charge is 0.410 e. The van der Waals surface area contributed by atoms with Crippen LogP contribution in [0, 0.1) is 11.8 Å². The summed E-state index contributed by atoms with van der Waals surface area (Å²) in [5, 5.41) is 9.80. The van der Waals surface area contributed by atoms with Crippen LogP contribution in [0.4, 0.5) is 4.79 Å². The molecule has 5 nitrogen and oxygen atoms in total. The first-order chi connectivity index (χ1) is 14.5. The number of carboxylic acids is 1. The molecule has 1 atom stereocenters. The van der Waals surface area contributed by atoms with Crippen LogP contribution in [0.2, 0.25) is 0 Å². The Hall–Kier alpha value is -2.82. The third kappa shape index (κ3) is 3.81. The summed E-state index contributed by atoms with van der Waals surface area (Å²) < 4.78 is 5.67. The lowest BCUT2D eigenvalue weighted by Crippen LogP contribution is -2.48. The van der Waals surface area contributed by atoms with Crippen LogP contribution in [-0.4, -0.2) is 41.8 Å². The summed E-state index contributed by atoms with van der Waals surface area (Å²) in [5.41, 5.74) is 4.62. The second-order valence-electron chi connectivity index (χ2n) is 8.72. The molecule has 0 aromatic heterocycles. The van der Waals surface area contributed by atoms with Gasteiger partial charge in [0.05, 0.1) is 0 Å². The highest BCUT2D eigenvalue weighted by atomic mass is 16.6. The number of likely N-dealkylation sites (N-methyl/N-ethyl adjacent to an activating group) is 1. The predicted molar refractivity (Wildman–Crippen MR) is 115 cm³/mol. The molecule has 1 fully saturated rings. The summed E-state index contributed by atoms with van der Waals surface area (Å²) in [6, 6.07) is 15.5. The van der Waals surface area contributed by atoms with Crippen LogP contribution in [0.15, 0.2) is 48.5 Å². The van der Waals surface area contributed by atoms with Crippen molar-refractivity contribution < 1.29 is 19.4 Å². The maximum Gasteiger partial charge on any atom is 0.410 e. The first kappa shape index (κ1) is 20.5. The molecule has 1 unspecified atom stereocenters. The molecule has 158 valence electrons. The van der Waals surface area contributed by atoms with E-state index in [9.17, 15) is 14.7 Å². The summed E-state index contributed by atoms with van der Waals surface area (Å²) in [5.74, 6) is -0.390. The molecule has 2 aliphatic rings. The first-order valence-corrected chi connectivity index (χ1v) is 10.8. The molecule has 30 heavy (non-hydrogen) atoms. The molecule has 0 aliphatic heterocycles. The Morgan fingerprint density at radius 2 is 1.53 bits per heavy atom. The van der Waals surface area contributed by atoms with Gasteiger partial charge < -0.3 is 9.84 Å². The molecule has 0 bridgehead atoms. The minimum atomic E-state index is -0.953. The Morgan fingerprint density at radius 1 is 1.00 bits per heavy atom. The van der Waals surface area contributed by atoms with E-state index in [1.807, 2.05) is 24.3 Å². The molecular weight excluding hydrogens is 378 g/mol. The predicted octanol–water partition coefficient (Wildman–Crippen LogP) is 5.15. The standard InChI is InChI=1S/C25H29NO4/c1-16-11-13-17(14-12-16)23(24(27)28)26(2)25(29)30-15-22-20-9-5-3-7-18(20)19-8-4-6-10-21(19)22/h3-10,16-17,22-23H,11-15H2,1-2H3,(H,27,28). The van der Waals surface area contributed by atoms with Gasteiger partial charge in [0.1, 0.15) is 12.6 Å². The lowest BCUT2D eigenvalue weighted by molar-refractivity contribution is -0.145. The molecule has 0 saturated heterocycles. The lowest BCUT2D eigenvalue weighted by Gasteiger charge is -2.35. The Balaban J connectivity index is 1.47. The zero-order valence-electron chi connectivity index (χ0n) is 17.6. The van der Waals surface area contributed by atoms with E-state index in [2.05, 4.69) is 31.2 Å². The van der Waals surface area contributed by atoms with Crippen LogP contribution in [0.1, 0.15) is 49.7 Å². The summed E-state index contributed by atoms with van der Waals surface area (Å²) in [7, 11) is 1.55. The van der Waals surface area contributed by atoms with Crippen molar-refractivity contribution in [3.8, 4) is 11.1 Å². The SMILES string of the molecule is CC1CCC(C(C(=O)O)N(C)C(=O)OCC2c3ccccc3-c3ccccc32)CC1. The van der Waals surface area contributed by atoms with E-state index in [0.29, 0.717) is 5.92 Å². The number of nitrogens with zero attached hydrogens (tertiary/aromatic N) is 1. The van der Waals surface area contributed by atoms with E-state index in [-0.39, 0.29) is 18.4 Å². The van der Waals surface area contributed by atoms with E-state index in [4.69, 9.17) is 4.74 Å². The summed E-state index contributed by atoms with van der Waals surface area (Å²) in [6.07, 6.45) is 3.11. The lowest BCUT2D eigenvalue weighted by atomic mass is 9.79. The van der Waals surface area contributed by atoms with Crippen LogP contribution < -0.4 is 0 Å². The normalized spacial score (nSPS) is 21.4. The second kappa shape index (κ2) is 8.50. The van der Waals surface area contributed by atoms with E-state index in [1.54, 1.807) is 7.05 Å². The first-order valence-electron chi connectivity index (χ1n) is 10.8. The molecule has 2 aliphatic carbocycles. The highest BCUT2D eigenvalue weighted by Gasteiger charge is 2.37. The number of hydrogen-bond donors (Lipinski definition) is 1. The van der Waals surface area contributed by atoms with Crippen molar-refractivity contribution in [2.24, 2.45) is 11.8 Å². The minimum absolute atomic E-state index is 0.0239. The monoisotopic (exact) mass is 407 g/mol. The maximum absolute atomic E-state index is 12.8. The fourth-order valence-electron chi connectivity index (χ4n) is 5.09. The summed E-state index contributed by atoms with van der Waals surface area (Å²) in [6.45, 7) is 2.40. The van der Waals surface area contributed by atoms with Gasteiger partial charge in [-0.2, -0.15) is 0 Å². The van der Waals surface area contributed by atoms with E-state index >= 15 is 0 Å². The quantitative estimate of drug-likeness (QED) is 0.745. The number of carbonyl (C=O) groups is 2. The van der Waals surface area contributed by atoms with Gasteiger partial charge in [0.2, 0.25) is 0 Å². The van der Waals surface area contributed by atoms with E-state index < -0.39 is 18.1 Å². The summed E-state index contributed by atoms with van der Waals surface area (Å²) in [4.78, 5) is 26.1. The number of ether oxygens (including phenoxy) is 1. The molecule has 2 aromatic carbocycles. The maximum atomic E-state index is 12.8. The number of benzene rings is 2. The Morgan fingerprint density at radius 3 is 2.07 bits per heavy atom. The average Bonchev–Trinajstić information content (AvgIpc) is 3.07. The minimum Gasteiger partial charge on any atom is -0.480 e. The molecule has 4 rings (SSSR count). The fraction of sp³-hybridized carbons (Fsp3) is 0.440. The molecular formula is C25H29NO4. The van der Waals surface area contributed by atoms with Crippen LogP contribution in [0.25, 0.3) is 11.1 Å². The molecule has 0 heterocycles. The van der Waals surface area contributed by atoms with Gasteiger partial charge in [-0.15, -0.1) is 0 Å². The van der Waals surface area contributed by atoms with Gasteiger partial charge in [-0.1, -0.05) is 68.3 Å². The Bertz CT molecular complexity index is 887. The van der Waals surface area contributed by atoms with E-state index in [0.717, 1.165) is 36.8 Å². The highest BCUT2D eigenvalue weighted by molar-refractivity contribution is 5.81. The molecule has 0 radical (unpaired) electrons. The van der Waals surface area contributed by atoms with Gasteiger partial charge in [0, 0.05) is 13.0 Å². The number of amides is 1. The van der Waals surface area contributed by atoms with Crippen LogP contribution in [0.3, 0.4) is 0 Å². The van der Waals surface area contributed by atoms with E-state index in [1.165, 1.54) is 16.0 Å². The van der Waals surface area contributed by atoms with Crippen LogP contribution in [0.5, 0.6) is 0 Å². The number of hydrogen-bond acceptors (Lipinski definition) is 3. The van der Waals surface area contributed by atoms with Crippen molar-refractivity contribution in [2.45, 2.75) is 44.6 Å². The summed E-state index contributed by atoms with van der Waals surface area (Å²) >= 11 is 0. The molecule has 1 N–H and O–H groups in total. The van der Waals surface area contributed by atoms with Gasteiger partial charge in [0.15, 0.2) is 0 Å². The van der Waals surface area contributed by atoms with Crippen molar-refractivity contribution in [1.29, 1.82) is 0 Å².